The molecule has 31 heavy (non-hydrogen) atoms. The lowest BCUT2D eigenvalue weighted by molar-refractivity contribution is -0.138. The van der Waals surface area contributed by atoms with Crippen LogP contribution in [0.3, 0.4) is 0 Å². The van der Waals surface area contributed by atoms with Crippen LogP contribution in [0.5, 0.6) is 5.75 Å². The van der Waals surface area contributed by atoms with Gasteiger partial charge < -0.3 is 14.6 Å². The van der Waals surface area contributed by atoms with Crippen LogP contribution in [0.15, 0.2) is 48.8 Å². The first-order valence-corrected chi connectivity index (χ1v) is 11.2. The Morgan fingerprint density at radius 3 is 2.39 bits per heavy atom. The van der Waals surface area contributed by atoms with Gasteiger partial charge in [-0.25, -0.2) is 9.97 Å². The predicted octanol–water partition coefficient (Wildman–Crippen LogP) is 5.64. The van der Waals surface area contributed by atoms with Gasteiger partial charge in [0, 0.05) is 18.8 Å². The lowest BCUT2D eigenvalue weighted by atomic mass is 9.93. The van der Waals surface area contributed by atoms with Crippen LogP contribution in [0.2, 0.25) is 0 Å². The molecule has 168 valence electrons. The van der Waals surface area contributed by atoms with Crippen molar-refractivity contribution in [3.8, 4) is 17.1 Å². The van der Waals surface area contributed by atoms with Gasteiger partial charge in [0.1, 0.15) is 0 Å². The van der Waals surface area contributed by atoms with E-state index in [0.717, 1.165) is 56.4 Å². The van der Waals surface area contributed by atoms with Crippen LogP contribution in [-0.4, -0.2) is 40.9 Å². The van der Waals surface area contributed by atoms with Crippen molar-refractivity contribution < 1.29 is 19.4 Å². The van der Waals surface area contributed by atoms with Crippen molar-refractivity contribution in [2.45, 2.75) is 58.3 Å². The minimum atomic E-state index is -0.799. The highest BCUT2D eigenvalue weighted by Crippen LogP contribution is 2.25. The lowest BCUT2D eigenvalue weighted by Crippen LogP contribution is -2.11. The molecule has 1 aromatic carbocycles. The second-order valence-corrected chi connectivity index (χ2v) is 7.38. The van der Waals surface area contributed by atoms with Crippen LogP contribution in [0.4, 0.5) is 0 Å². The Bertz CT molecular complexity index is 788. The maximum absolute atomic E-state index is 11.7. The minimum absolute atomic E-state index is 0.514. The van der Waals surface area contributed by atoms with Crippen LogP contribution >= 0.6 is 0 Å². The summed E-state index contributed by atoms with van der Waals surface area (Å²) in [6.07, 6.45) is 12.7. The van der Waals surface area contributed by atoms with Crippen LogP contribution in [0, 0.1) is 0 Å². The van der Waals surface area contributed by atoms with E-state index in [9.17, 15) is 9.90 Å². The first-order chi connectivity index (χ1) is 15.2. The summed E-state index contributed by atoms with van der Waals surface area (Å²) in [7, 11) is 0. The molecule has 1 heterocycles. The van der Waals surface area contributed by atoms with Gasteiger partial charge in [-0.1, -0.05) is 50.3 Å². The molecule has 6 nitrogen and oxygen atoms in total. The fourth-order valence-corrected chi connectivity index (χ4v) is 3.13. The summed E-state index contributed by atoms with van der Waals surface area (Å²) >= 11 is 0. The SMILES string of the molecule is CCC=CCCC(C(=O)O)c1ccc(-c2ncc(OCCCCOCCC)cn2)cc1. The van der Waals surface area contributed by atoms with E-state index in [-0.39, 0.29) is 0 Å². The average Bonchev–Trinajstić information content (AvgIpc) is 2.79. The van der Waals surface area contributed by atoms with E-state index in [1.807, 2.05) is 30.3 Å². The zero-order valence-electron chi connectivity index (χ0n) is 18.6. The van der Waals surface area contributed by atoms with E-state index in [2.05, 4.69) is 29.9 Å². The first kappa shape index (κ1) is 24.5. The van der Waals surface area contributed by atoms with Crippen molar-refractivity contribution in [2.75, 3.05) is 19.8 Å². The predicted molar refractivity (Wildman–Crippen MR) is 122 cm³/mol. The van der Waals surface area contributed by atoms with Crippen LogP contribution in [-0.2, 0) is 9.53 Å². The number of rotatable bonds is 15. The monoisotopic (exact) mass is 426 g/mol. The Hall–Kier alpha value is -2.73. The number of carboxylic acid groups (broad SMARTS) is 1. The molecule has 2 aromatic rings. The smallest absolute Gasteiger partial charge is 0.310 e. The minimum Gasteiger partial charge on any atom is -0.490 e. The number of aromatic nitrogens is 2. The van der Waals surface area contributed by atoms with Gasteiger partial charge in [0.25, 0.3) is 0 Å². The van der Waals surface area contributed by atoms with Crippen molar-refractivity contribution in [2.24, 2.45) is 0 Å². The third kappa shape index (κ3) is 8.89. The summed E-state index contributed by atoms with van der Waals surface area (Å²) in [5.74, 6) is -0.0857. The first-order valence-electron chi connectivity index (χ1n) is 11.2. The topological polar surface area (TPSA) is 81.5 Å². The Morgan fingerprint density at radius 2 is 1.74 bits per heavy atom. The summed E-state index contributed by atoms with van der Waals surface area (Å²) in [5.41, 5.74) is 1.64. The standard InChI is InChI=1S/C25H34N2O4/c1-3-5-6-7-10-23(25(28)29)20-11-13-21(14-12-20)24-26-18-22(19-27-24)31-17-9-8-16-30-15-4-2/h5-6,11-14,18-19,23H,3-4,7-10,15-17H2,1-2H3,(H,28,29). The fourth-order valence-electron chi connectivity index (χ4n) is 3.13. The quantitative estimate of drug-likeness (QED) is 0.293. The maximum Gasteiger partial charge on any atom is 0.310 e. The highest BCUT2D eigenvalue weighted by atomic mass is 16.5. The lowest BCUT2D eigenvalue weighted by Gasteiger charge is -2.12. The molecule has 0 spiro atoms. The van der Waals surface area contributed by atoms with Gasteiger partial charge >= 0.3 is 5.97 Å². The molecule has 0 aliphatic carbocycles. The molecule has 0 saturated heterocycles. The number of nitrogens with zero attached hydrogens (tertiary/aromatic N) is 2. The molecule has 1 aromatic heterocycles. The number of carbonyl (C=O) groups is 1. The molecule has 0 bridgehead atoms. The van der Waals surface area contributed by atoms with Crippen molar-refractivity contribution >= 4 is 5.97 Å². The molecular weight excluding hydrogens is 392 g/mol. The van der Waals surface area contributed by atoms with Gasteiger partial charge in [0.15, 0.2) is 11.6 Å². The van der Waals surface area contributed by atoms with E-state index in [4.69, 9.17) is 9.47 Å². The number of allylic oxidation sites excluding steroid dienone is 2. The van der Waals surface area contributed by atoms with Crippen LogP contribution in [0.1, 0.15) is 63.9 Å². The van der Waals surface area contributed by atoms with Crippen LogP contribution in [0.25, 0.3) is 11.4 Å². The van der Waals surface area contributed by atoms with Gasteiger partial charge in [0.05, 0.1) is 24.9 Å². The van der Waals surface area contributed by atoms with E-state index < -0.39 is 11.9 Å². The Morgan fingerprint density at radius 1 is 1.03 bits per heavy atom. The van der Waals surface area contributed by atoms with Crippen molar-refractivity contribution in [1.82, 2.24) is 9.97 Å². The molecular formula is C25H34N2O4. The summed E-state index contributed by atoms with van der Waals surface area (Å²) < 4.78 is 11.1. The molecule has 1 N–H and O–H groups in total. The van der Waals surface area contributed by atoms with Crippen LogP contribution < -0.4 is 4.74 Å². The zero-order valence-corrected chi connectivity index (χ0v) is 18.6. The molecule has 1 atom stereocenters. The van der Waals surface area contributed by atoms with Gasteiger partial charge in [-0.05, 0) is 44.1 Å². The zero-order chi connectivity index (χ0) is 22.3. The number of ether oxygens (including phenoxy) is 2. The van der Waals surface area contributed by atoms with Gasteiger partial charge in [0.2, 0.25) is 0 Å². The normalized spacial score (nSPS) is 12.2. The number of hydrogen-bond donors (Lipinski definition) is 1. The van der Waals surface area contributed by atoms with Crippen molar-refractivity contribution in [3.63, 3.8) is 0 Å². The molecule has 0 radical (unpaired) electrons. The van der Waals surface area contributed by atoms with Crippen molar-refractivity contribution in [3.05, 3.63) is 54.4 Å². The molecule has 6 heteroatoms. The molecule has 0 aliphatic heterocycles. The highest BCUT2D eigenvalue weighted by Gasteiger charge is 2.19. The van der Waals surface area contributed by atoms with Gasteiger partial charge in [-0.15, -0.1) is 0 Å². The number of carboxylic acids is 1. The number of aliphatic carboxylic acids is 1. The number of hydrogen-bond acceptors (Lipinski definition) is 5. The largest absolute Gasteiger partial charge is 0.490 e. The van der Waals surface area contributed by atoms with E-state index in [1.54, 1.807) is 12.4 Å². The third-order valence-electron chi connectivity index (χ3n) is 4.82. The second-order valence-electron chi connectivity index (χ2n) is 7.38. The summed E-state index contributed by atoms with van der Waals surface area (Å²) in [6.45, 7) is 6.35. The number of unbranched alkanes of at least 4 members (excludes halogenated alkanes) is 1. The fraction of sp³-hybridized carbons (Fsp3) is 0.480. The van der Waals surface area contributed by atoms with E-state index >= 15 is 0 Å². The molecule has 2 rings (SSSR count). The number of benzene rings is 1. The third-order valence-corrected chi connectivity index (χ3v) is 4.82. The van der Waals surface area contributed by atoms with Gasteiger partial charge in [-0.3, -0.25) is 4.79 Å². The van der Waals surface area contributed by atoms with Crippen molar-refractivity contribution in [1.29, 1.82) is 0 Å². The molecule has 0 aliphatic rings. The Balaban J connectivity index is 1.87. The Labute approximate surface area is 185 Å². The highest BCUT2D eigenvalue weighted by molar-refractivity contribution is 5.76. The summed E-state index contributed by atoms with van der Waals surface area (Å²) in [4.78, 5) is 20.4. The molecule has 0 saturated carbocycles. The second kappa shape index (κ2) is 14.3. The maximum atomic E-state index is 11.7. The summed E-state index contributed by atoms with van der Waals surface area (Å²) in [6, 6.07) is 7.46. The molecule has 0 fully saturated rings. The molecule has 0 amide bonds. The van der Waals surface area contributed by atoms with Gasteiger partial charge in [-0.2, -0.15) is 0 Å². The van der Waals surface area contributed by atoms with E-state index in [0.29, 0.717) is 24.6 Å². The molecule has 1 unspecified atom stereocenters. The Kier molecular flexibility index (Phi) is 11.3. The van der Waals surface area contributed by atoms with E-state index in [1.165, 1.54) is 0 Å². The summed E-state index contributed by atoms with van der Waals surface area (Å²) in [5, 5.41) is 9.57. The average molecular weight is 427 g/mol.